The van der Waals surface area contributed by atoms with Gasteiger partial charge in [0.05, 0.1) is 29.9 Å². The van der Waals surface area contributed by atoms with Gasteiger partial charge in [0.1, 0.15) is 11.3 Å². The average Bonchev–Trinajstić information content (AvgIpc) is 2.61. The number of rotatable bonds is 6. The van der Waals surface area contributed by atoms with Gasteiger partial charge in [-0.2, -0.15) is 0 Å². The lowest BCUT2D eigenvalue weighted by molar-refractivity contribution is 0.0525. The summed E-state index contributed by atoms with van der Waals surface area (Å²) in [6.07, 6.45) is 0. The van der Waals surface area contributed by atoms with Crippen molar-refractivity contribution in [1.29, 1.82) is 0 Å². The van der Waals surface area contributed by atoms with E-state index in [9.17, 15) is 23.1 Å². The van der Waals surface area contributed by atoms with Gasteiger partial charge in [0.25, 0.3) is 0 Å². The first-order valence-corrected chi connectivity index (χ1v) is 9.34. The number of benzene rings is 2. The van der Waals surface area contributed by atoms with Crippen LogP contribution in [0.5, 0.6) is 5.75 Å². The molecule has 0 amide bonds. The summed E-state index contributed by atoms with van der Waals surface area (Å²) in [7, 11) is -2.60. The minimum atomic E-state index is -3.77. The lowest BCUT2D eigenvalue weighted by Crippen LogP contribution is -2.09. The first kappa shape index (κ1) is 19.5. The third kappa shape index (κ3) is 4.40. The molecule has 0 radical (unpaired) electrons. The van der Waals surface area contributed by atoms with Crippen molar-refractivity contribution in [3.8, 4) is 5.75 Å². The van der Waals surface area contributed by atoms with Crippen molar-refractivity contribution in [3.05, 3.63) is 59.2 Å². The van der Waals surface area contributed by atoms with Crippen molar-refractivity contribution in [2.75, 3.05) is 13.7 Å². The van der Waals surface area contributed by atoms with Gasteiger partial charge in [0.2, 0.25) is 0 Å². The zero-order chi connectivity index (χ0) is 19.3. The normalized spacial score (nSPS) is 11.0. The molecular formula is C18H18O7S. The highest BCUT2D eigenvalue weighted by molar-refractivity contribution is 7.90. The minimum Gasteiger partial charge on any atom is -0.507 e. The van der Waals surface area contributed by atoms with E-state index in [4.69, 9.17) is 4.74 Å². The van der Waals surface area contributed by atoms with Crippen LogP contribution in [0, 0.1) is 0 Å². The third-order valence-corrected chi connectivity index (χ3v) is 5.21. The highest BCUT2D eigenvalue weighted by Gasteiger charge is 2.19. The molecule has 0 spiro atoms. The van der Waals surface area contributed by atoms with Gasteiger partial charge in [-0.15, -0.1) is 0 Å². The van der Waals surface area contributed by atoms with Gasteiger partial charge in [-0.3, -0.25) is 0 Å². The van der Waals surface area contributed by atoms with Gasteiger partial charge >= 0.3 is 11.9 Å². The molecule has 0 aliphatic carbocycles. The van der Waals surface area contributed by atoms with Gasteiger partial charge in [0, 0.05) is 0 Å². The molecule has 0 fully saturated rings. The number of esters is 2. The highest BCUT2D eigenvalue weighted by Crippen LogP contribution is 2.24. The molecule has 2 aromatic rings. The Morgan fingerprint density at radius 3 is 2.42 bits per heavy atom. The molecule has 1 N–H and O–H groups in total. The van der Waals surface area contributed by atoms with E-state index in [0.29, 0.717) is 0 Å². The van der Waals surface area contributed by atoms with Crippen molar-refractivity contribution in [2.45, 2.75) is 17.6 Å². The second kappa shape index (κ2) is 8.01. The van der Waals surface area contributed by atoms with Crippen molar-refractivity contribution >= 4 is 21.8 Å². The van der Waals surface area contributed by atoms with E-state index >= 15 is 0 Å². The van der Waals surface area contributed by atoms with Crippen molar-refractivity contribution in [2.24, 2.45) is 0 Å². The van der Waals surface area contributed by atoms with Crippen LogP contribution in [-0.4, -0.2) is 39.2 Å². The summed E-state index contributed by atoms with van der Waals surface area (Å²) >= 11 is 0. The topological polar surface area (TPSA) is 107 Å². The maximum Gasteiger partial charge on any atom is 0.341 e. The smallest absolute Gasteiger partial charge is 0.341 e. The van der Waals surface area contributed by atoms with Gasteiger partial charge in [-0.05, 0) is 42.8 Å². The molecule has 7 nitrogen and oxygen atoms in total. The Morgan fingerprint density at radius 1 is 1.08 bits per heavy atom. The Hall–Kier alpha value is -2.87. The quantitative estimate of drug-likeness (QED) is 0.769. The molecule has 0 saturated carbocycles. The Labute approximate surface area is 151 Å². The van der Waals surface area contributed by atoms with E-state index in [1.807, 2.05) is 0 Å². The van der Waals surface area contributed by atoms with E-state index in [1.54, 1.807) is 6.92 Å². The van der Waals surface area contributed by atoms with Crippen molar-refractivity contribution in [3.63, 3.8) is 0 Å². The van der Waals surface area contributed by atoms with Crippen LogP contribution >= 0.6 is 0 Å². The molecule has 0 saturated heterocycles. The SMILES string of the molecule is CCOC(=O)c1cccc(S(=O)(=O)Cc2ccc(C(=O)OC)c(O)c2)c1. The number of ether oxygens (including phenoxy) is 2. The van der Waals surface area contributed by atoms with Crippen LogP contribution in [0.1, 0.15) is 33.2 Å². The van der Waals surface area contributed by atoms with Crippen LogP contribution in [0.25, 0.3) is 0 Å². The van der Waals surface area contributed by atoms with Crippen LogP contribution in [0.3, 0.4) is 0 Å². The number of hydrogen-bond donors (Lipinski definition) is 1. The van der Waals surface area contributed by atoms with Crippen LogP contribution in [-0.2, 0) is 25.1 Å². The Kier molecular flexibility index (Phi) is 5.99. The summed E-state index contributed by atoms with van der Waals surface area (Å²) in [6, 6.07) is 9.44. The molecule has 0 aliphatic heterocycles. The molecule has 0 aromatic heterocycles. The Balaban J connectivity index is 2.29. The van der Waals surface area contributed by atoms with E-state index in [2.05, 4.69) is 4.74 Å². The fourth-order valence-corrected chi connectivity index (χ4v) is 3.66. The number of phenols is 1. The number of carbonyl (C=O) groups excluding carboxylic acids is 2. The van der Waals surface area contributed by atoms with Crippen LogP contribution in [0.2, 0.25) is 0 Å². The Bertz CT molecular complexity index is 932. The second-order valence-corrected chi connectivity index (χ2v) is 7.34. The molecule has 26 heavy (non-hydrogen) atoms. The molecule has 0 unspecified atom stereocenters. The largest absolute Gasteiger partial charge is 0.507 e. The maximum absolute atomic E-state index is 12.6. The lowest BCUT2D eigenvalue weighted by atomic mass is 10.1. The molecular weight excluding hydrogens is 360 g/mol. The van der Waals surface area contributed by atoms with Gasteiger partial charge in [-0.1, -0.05) is 12.1 Å². The lowest BCUT2D eigenvalue weighted by Gasteiger charge is -2.09. The summed E-state index contributed by atoms with van der Waals surface area (Å²) in [5.74, 6) is -2.11. The third-order valence-electron chi connectivity index (χ3n) is 3.53. The fourth-order valence-electron chi connectivity index (χ4n) is 2.28. The first-order chi connectivity index (χ1) is 12.3. The van der Waals surface area contributed by atoms with Gasteiger partial charge < -0.3 is 14.6 Å². The summed E-state index contributed by atoms with van der Waals surface area (Å²) in [5.41, 5.74) is 0.367. The predicted octanol–water partition coefficient (Wildman–Crippen LogP) is 2.33. The van der Waals surface area contributed by atoms with E-state index in [-0.39, 0.29) is 33.9 Å². The summed E-state index contributed by atoms with van der Waals surface area (Å²) in [6.45, 7) is 1.84. The summed E-state index contributed by atoms with van der Waals surface area (Å²) < 4.78 is 34.6. The van der Waals surface area contributed by atoms with Crippen LogP contribution < -0.4 is 0 Å². The minimum absolute atomic E-state index is 0.0420. The van der Waals surface area contributed by atoms with Crippen molar-refractivity contribution < 1.29 is 32.6 Å². The monoisotopic (exact) mass is 378 g/mol. The molecule has 2 aromatic carbocycles. The average molecular weight is 378 g/mol. The number of aromatic hydroxyl groups is 1. The molecule has 2 rings (SSSR count). The van der Waals surface area contributed by atoms with Crippen molar-refractivity contribution in [1.82, 2.24) is 0 Å². The summed E-state index contributed by atoms with van der Waals surface area (Å²) in [5, 5.41) is 9.88. The molecule has 0 heterocycles. The number of methoxy groups -OCH3 is 1. The number of sulfone groups is 1. The number of phenolic OH excluding ortho intramolecular Hbond substituents is 1. The standard InChI is InChI=1S/C18H18O7S/c1-3-25-17(20)13-5-4-6-14(10-13)26(22,23)11-12-7-8-15(16(19)9-12)18(21)24-2/h4-10,19H,3,11H2,1-2H3. The van der Waals surface area contributed by atoms with E-state index in [0.717, 1.165) is 0 Å². The molecule has 0 atom stereocenters. The maximum atomic E-state index is 12.6. The molecule has 8 heteroatoms. The highest BCUT2D eigenvalue weighted by atomic mass is 32.2. The molecule has 0 bridgehead atoms. The zero-order valence-electron chi connectivity index (χ0n) is 14.3. The van der Waals surface area contributed by atoms with E-state index < -0.39 is 27.5 Å². The van der Waals surface area contributed by atoms with Crippen LogP contribution in [0.4, 0.5) is 0 Å². The number of carbonyl (C=O) groups is 2. The molecule has 0 aliphatic rings. The van der Waals surface area contributed by atoms with Gasteiger partial charge in [0.15, 0.2) is 9.84 Å². The summed E-state index contributed by atoms with van der Waals surface area (Å²) in [4.78, 5) is 23.2. The Morgan fingerprint density at radius 2 is 1.81 bits per heavy atom. The number of hydrogen-bond acceptors (Lipinski definition) is 7. The second-order valence-electron chi connectivity index (χ2n) is 5.35. The first-order valence-electron chi connectivity index (χ1n) is 7.68. The fraction of sp³-hybridized carbons (Fsp3) is 0.222. The zero-order valence-corrected chi connectivity index (χ0v) is 15.1. The van der Waals surface area contributed by atoms with E-state index in [1.165, 1.54) is 49.6 Å². The molecule has 138 valence electrons. The predicted molar refractivity (Wildman–Crippen MR) is 92.7 cm³/mol. The van der Waals surface area contributed by atoms with Crippen LogP contribution in [0.15, 0.2) is 47.4 Å². The van der Waals surface area contributed by atoms with Gasteiger partial charge in [-0.25, -0.2) is 18.0 Å².